The third kappa shape index (κ3) is 12.2. The number of benzene rings is 6. The monoisotopic (exact) mass is 988 g/mol. The Morgan fingerprint density at radius 2 is 1.45 bits per heavy atom. The molecule has 3 aliphatic rings. The number of oxime groups is 1. The Morgan fingerprint density at radius 3 is 2.19 bits per heavy atom. The number of carbonyl (C=O) groups excluding carboxylic acids is 1. The van der Waals surface area contributed by atoms with Crippen LogP contribution in [0.5, 0.6) is 17.2 Å². The Hall–Kier alpha value is -6.83. The normalized spacial score (nSPS) is 21.3. The lowest BCUT2D eigenvalue weighted by Gasteiger charge is -2.59. The van der Waals surface area contributed by atoms with Crippen molar-refractivity contribution in [2.24, 2.45) is 22.9 Å². The number of aliphatic hydroxyl groups is 2. The van der Waals surface area contributed by atoms with Gasteiger partial charge < -0.3 is 38.7 Å². The van der Waals surface area contributed by atoms with Crippen LogP contribution in [0.3, 0.4) is 0 Å². The average molecular weight is 989 g/mol. The molecule has 73 heavy (non-hydrogen) atoms. The molecule has 6 unspecified atom stereocenters. The number of ether oxygens (including phenoxy) is 5. The molecule has 1 amide bonds. The van der Waals surface area contributed by atoms with Crippen LogP contribution >= 0.6 is 0 Å². The summed E-state index contributed by atoms with van der Waals surface area (Å²) in [6.07, 6.45) is 7.85. The van der Waals surface area contributed by atoms with Crippen molar-refractivity contribution in [3.05, 3.63) is 198 Å². The standard InChI is InChI=1S/C61H65FN2O9/c1-2-33-70-61-57(64(40-43-23-26-49(62)27-24-43)60(67)69-35-34-68-41-44-15-5-3-6-16-44)39-55(63-71-42-45-17-7-4-8-18-45)53-37-48(21-11-13-31-65)52(22-12-14-32-66)58(59(53)61)54-38-51(29-30-56(54)73-61)72-50-28-25-46-19-9-10-20-47(46)36-50/h2-10,15-20,23-30,36-38,48,52,57-59,65-66H,1,11-14,21-22,31-35,39-42H2. The van der Waals surface area contributed by atoms with Crippen molar-refractivity contribution < 1.29 is 47.9 Å². The van der Waals surface area contributed by atoms with Gasteiger partial charge in [-0.2, -0.15) is 0 Å². The van der Waals surface area contributed by atoms with Crippen molar-refractivity contribution in [2.75, 3.05) is 33.0 Å². The number of halogens is 1. The highest BCUT2D eigenvalue weighted by molar-refractivity contribution is 6.03. The number of rotatable bonds is 24. The second-order valence-electron chi connectivity index (χ2n) is 19.0. The van der Waals surface area contributed by atoms with E-state index in [1.807, 2.05) is 103 Å². The lowest BCUT2D eigenvalue weighted by molar-refractivity contribution is -0.256. The molecule has 0 aromatic heterocycles. The molecule has 9 rings (SSSR count). The smallest absolute Gasteiger partial charge is 0.410 e. The first-order chi connectivity index (χ1) is 35.9. The van der Waals surface area contributed by atoms with Crippen LogP contribution in [0.25, 0.3) is 10.8 Å². The number of amides is 1. The fraction of sp³-hybridized carbons (Fsp3) is 0.344. The Kier molecular flexibility index (Phi) is 17.3. The summed E-state index contributed by atoms with van der Waals surface area (Å²) in [6.45, 7) is 4.96. The van der Waals surface area contributed by atoms with Crippen LogP contribution in [0.2, 0.25) is 0 Å². The molecule has 0 bridgehead atoms. The Labute approximate surface area is 427 Å². The third-order valence-electron chi connectivity index (χ3n) is 14.3. The van der Waals surface area contributed by atoms with Gasteiger partial charge in [0.25, 0.3) is 0 Å². The van der Waals surface area contributed by atoms with Crippen LogP contribution < -0.4 is 9.47 Å². The summed E-state index contributed by atoms with van der Waals surface area (Å²) in [6, 6.07) is 44.9. The van der Waals surface area contributed by atoms with E-state index in [1.54, 1.807) is 23.1 Å². The van der Waals surface area contributed by atoms with Crippen LogP contribution in [-0.4, -0.2) is 71.8 Å². The number of allylic oxidation sites excluding steroid dienone is 1. The van der Waals surface area contributed by atoms with Gasteiger partial charge in [0, 0.05) is 37.7 Å². The molecule has 1 fully saturated rings. The summed E-state index contributed by atoms with van der Waals surface area (Å²) in [5, 5.41) is 27.3. The summed E-state index contributed by atoms with van der Waals surface area (Å²) >= 11 is 0. The van der Waals surface area contributed by atoms with E-state index < -0.39 is 29.7 Å². The van der Waals surface area contributed by atoms with E-state index in [9.17, 15) is 14.6 Å². The predicted octanol–water partition coefficient (Wildman–Crippen LogP) is 12.5. The Balaban J connectivity index is 1.18. The van der Waals surface area contributed by atoms with E-state index >= 15 is 4.79 Å². The first-order valence-corrected chi connectivity index (χ1v) is 25.6. The minimum atomic E-state index is -1.56. The molecule has 380 valence electrons. The molecule has 2 aliphatic carbocycles. The SMILES string of the molecule is C=CCOC12Oc3ccc(Oc4ccc5ccccc5c4)cc3C3C(CCCCO)C(CCCCO)C=C(C(=NOCc4ccccc4)CC1N(Cc1ccc(F)cc1)C(=O)OCCOCc1ccccc1)C32. The fourth-order valence-electron chi connectivity index (χ4n) is 11.0. The first-order valence-electron chi connectivity index (χ1n) is 25.6. The van der Waals surface area contributed by atoms with Gasteiger partial charge in [-0.25, -0.2) is 9.18 Å². The Morgan fingerprint density at radius 1 is 0.767 bits per heavy atom. The number of fused-ring (bicyclic) bond motifs is 3. The lowest BCUT2D eigenvalue weighted by atomic mass is 9.55. The van der Waals surface area contributed by atoms with Gasteiger partial charge in [-0.3, -0.25) is 4.90 Å². The molecule has 0 spiro atoms. The van der Waals surface area contributed by atoms with Gasteiger partial charge in [0.05, 0.1) is 31.5 Å². The van der Waals surface area contributed by atoms with Crippen molar-refractivity contribution >= 4 is 22.6 Å². The predicted molar refractivity (Wildman–Crippen MR) is 280 cm³/mol. The number of hydrogen-bond acceptors (Lipinski definition) is 10. The molecule has 6 atom stereocenters. The molecule has 1 aliphatic heterocycles. The molecule has 0 radical (unpaired) electrons. The van der Waals surface area contributed by atoms with E-state index in [0.29, 0.717) is 48.0 Å². The fourth-order valence-corrected chi connectivity index (χ4v) is 11.0. The molecular formula is C61H65FN2O9. The molecule has 0 saturated heterocycles. The summed E-state index contributed by atoms with van der Waals surface area (Å²) < 4.78 is 48.0. The number of nitrogens with zero attached hydrogens (tertiary/aromatic N) is 2. The number of hydrogen-bond donors (Lipinski definition) is 2. The maximum Gasteiger partial charge on any atom is 0.410 e. The zero-order chi connectivity index (χ0) is 50.4. The van der Waals surface area contributed by atoms with Crippen LogP contribution in [0.15, 0.2) is 175 Å². The zero-order valence-electron chi connectivity index (χ0n) is 41.2. The highest BCUT2D eigenvalue weighted by Crippen LogP contribution is 2.62. The maximum atomic E-state index is 15.1. The van der Waals surface area contributed by atoms with Gasteiger partial charge in [-0.05, 0) is 113 Å². The van der Waals surface area contributed by atoms with E-state index in [4.69, 9.17) is 33.7 Å². The molecule has 1 saturated carbocycles. The summed E-state index contributed by atoms with van der Waals surface area (Å²) in [5.74, 6) is -0.966. The van der Waals surface area contributed by atoms with E-state index in [0.717, 1.165) is 58.7 Å². The van der Waals surface area contributed by atoms with Crippen molar-refractivity contribution in [3.8, 4) is 17.2 Å². The van der Waals surface area contributed by atoms with Crippen molar-refractivity contribution in [2.45, 2.75) is 82.5 Å². The lowest BCUT2D eigenvalue weighted by Crippen LogP contribution is -2.70. The van der Waals surface area contributed by atoms with E-state index in [1.165, 1.54) is 12.1 Å². The molecule has 12 heteroatoms. The van der Waals surface area contributed by atoms with Crippen LogP contribution in [0, 0.1) is 23.6 Å². The van der Waals surface area contributed by atoms with Gasteiger partial charge >= 0.3 is 6.09 Å². The molecule has 6 aromatic rings. The molecule has 1 heterocycles. The van der Waals surface area contributed by atoms with Crippen molar-refractivity contribution in [3.63, 3.8) is 0 Å². The second-order valence-corrected chi connectivity index (χ2v) is 19.0. The molecule has 6 aromatic carbocycles. The summed E-state index contributed by atoms with van der Waals surface area (Å²) in [7, 11) is 0. The molecule has 11 nitrogen and oxygen atoms in total. The molecule has 2 N–H and O–H groups in total. The highest BCUT2D eigenvalue weighted by atomic mass is 19.1. The quantitative estimate of drug-likeness (QED) is 0.0346. The van der Waals surface area contributed by atoms with Crippen LogP contribution in [0.1, 0.15) is 73.1 Å². The number of carbonyl (C=O) groups is 1. The molecular weight excluding hydrogens is 924 g/mol. The largest absolute Gasteiger partial charge is 0.459 e. The summed E-state index contributed by atoms with van der Waals surface area (Å²) in [4.78, 5) is 23.0. The van der Waals surface area contributed by atoms with Crippen molar-refractivity contribution in [1.82, 2.24) is 4.90 Å². The second kappa shape index (κ2) is 24.7. The number of aliphatic hydroxyl groups excluding tert-OH is 2. The minimum Gasteiger partial charge on any atom is -0.459 e. The van der Waals surface area contributed by atoms with Crippen LogP contribution in [0.4, 0.5) is 9.18 Å². The van der Waals surface area contributed by atoms with Gasteiger partial charge in [0.1, 0.15) is 42.3 Å². The summed E-state index contributed by atoms with van der Waals surface area (Å²) in [5.41, 5.74) is 5.04. The highest BCUT2D eigenvalue weighted by Gasteiger charge is 2.65. The van der Waals surface area contributed by atoms with Gasteiger partial charge in [0.15, 0.2) is 0 Å². The number of unbranched alkanes of at least 4 members (excludes halogenated alkanes) is 2. The minimum absolute atomic E-state index is 0.0148. The van der Waals surface area contributed by atoms with E-state index in [2.05, 4.69) is 30.9 Å². The van der Waals surface area contributed by atoms with E-state index in [-0.39, 0.29) is 70.4 Å². The first kappa shape index (κ1) is 51.1. The van der Waals surface area contributed by atoms with Crippen LogP contribution in [-0.2, 0) is 38.8 Å². The van der Waals surface area contributed by atoms with Gasteiger partial charge in [0.2, 0.25) is 5.79 Å². The zero-order valence-corrected chi connectivity index (χ0v) is 41.2. The van der Waals surface area contributed by atoms with Gasteiger partial charge in [-0.15, -0.1) is 6.58 Å². The maximum absolute atomic E-state index is 15.1. The Bertz CT molecular complexity index is 2820. The van der Waals surface area contributed by atoms with Crippen molar-refractivity contribution in [1.29, 1.82) is 0 Å². The average Bonchev–Trinajstić information content (AvgIpc) is 3.42. The third-order valence-corrected chi connectivity index (χ3v) is 14.3. The topological polar surface area (TPSA) is 129 Å². The van der Waals surface area contributed by atoms with Gasteiger partial charge in [-0.1, -0.05) is 133 Å².